The molecule has 4 N–H and O–H groups in total. The van der Waals surface area contributed by atoms with Gasteiger partial charge in [-0.2, -0.15) is 0 Å². The lowest BCUT2D eigenvalue weighted by molar-refractivity contribution is -0.160. The van der Waals surface area contributed by atoms with Gasteiger partial charge < -0.3 is 20.7 Å². The maximum atomic E-state index is 11.7. The summed E-state index contributed by atoms with van der Waals surface area (Å²) in [6.45, 7) is 3.91. The Labute approximate surface area is 186 Å². The maximum Gasteiger partial charge on any atom is 0.328 e. The SMILES string of the molecule is CCC(CC)(OC(=O)CN)c1ccc(-c2ccccc2Cl)cc1.O=C(O)/C=C\C(=O)O. The zero-order valence-corrected chi connectivity index (χ0v) is 18.1. The number of hydrogen-bond acceptors (Lipinski definition) is 5. The van der Waals surface area contributed by atoms with Crippen LogP contribution in [0, 0.1) is 0 Å². The zero-order valence-electron chi connectivity index (χ0n) is 17.4. The number of rotatable bonds is 8. The van der Waals surface area contributed by atoms with Gasteiger partial charge in [-0.15, -0.1) is 0 Å². The quantitative estimate of drug-likeness (QED) is 0.408. The molecule has 2 aromatic rings. The molecule has 0 saturated heterocycles. The first-order valence-electron chi connectivity index (χ1n) is 9.60. The van der Waals surface area contributed by atoms with Crippen molar-refractivity contribution in [2.24, 2.45) is 5.73 Å². The van der Waals surface area contributed by atoms with E-state index in [9.17, 15) is 14.4 Å². The smallest absolute Gasteiger partial charge is 0.328 e. The second kappa shape index (κ2) is 12.5. The van der Waals surface area contributed by atoms with Crippen LogP contribution in [0.15, 0.2) is 60.7 Å². The number of carboxylic acid groups (broad SMARTS) is 2. The number of esters is 1. The molecule has 0 bridgehead atoms. The van der Waals surface area contributed by atoms with Gasteiger partial charge in [-0.05, 0) is 30.0 Å². The van der Waals surface area contributed by atoms with Gasteiger partial charge in [0.1, 0.15) is 5.60 Å². The van der Waals surface area contributed by atoms with Crippen molar-refractivity contribution in [3.63, 3.8) is 0 Å². The number of carbonyl (C=O) groups is 3. The molecule has 0 unspecified atom stereocenters. The minimum atomic E-state index is -1.26. The molecule has 0 aliphatic rings. The van der Waals surface area contributed by atoms with E-state index in [1.807, 2.05) is 62.4 Å². The molecule has 0 heterocycles. The molecular formula is C23H26ClNO6. The van der Waals surface area contributed by atoms with Gasteiger partial charge >= 0.3 is 17.9 Å². The van der Waals surface area contributed by atoms with Crippen molar-refractivity contribution in [2.45, 2.75) is 32.3 Å². The molecule has 0 radical (unpaired) electrons. The molecule has 0 aliphatic carbocycles. The first-order chi connectivity index (χ1) is 14.7. The lowest BCUT2D eigenvalue weighted by Crippen LogP contribution is -2.33. The first-order valence-corrected chi connectivity index (χ1v) is 9.98. The Balaban J connectivity index is 0.000000512. The number of halogens is 1. The number of aliphatic carboxylic acids is 2. The van der Waals surface area contributed by atoms with Gasteiger partial charge in [-0.1, -0.05) is 67.9 Å². The lowest BCUT2D eigenvalue weighted by Gasteiger charge is -2.32. The van der Waals surface area contributed by atoms with Crippen LogP contribution in [-0.4, -0.2) is 34.7 Å². The van der Waals surface area contributed by atoms with Crippen LogP contribution in [0.3, 0.4) is 0 Å². The van der Waals surface area contributed by atoms with Crippen molar-refractivity contribution < 1.29 is 29.3 Å². The topological polar surface area (TPSA) is 127 Å². The van der Waals surface area contributed by atoms with Crippen molar-refractivity contribution >= 4 is 29.5 Å². The van der Waals surface area contributed by atoms with Crippen LogP contribution in [-0.2, 0) is 24.7 Å². The van der Waals surface area contributed by atoms with Crippen LogP contribution in [0.25, 0.3) is 11.1 Å². The first kappa shape index (κ1) is 25.9. The standard InChI is InChI=1S/C19H22ClNO2.C4H4O4/c1-3-19(4-2,23-18(22)13-21)15-11-9-14(10-12-15)16-7-5-6-8-17(16)20;5-3(6)1-2-4(7)8/h5-12H,3-4,13,21H2,1-2H3;1-2H,(H,5,6)(H,7,8)/b;2-1-. The van der Waals surface area contributed by atoms with Crippen LogP contribution >= 0.6 is 11.6 Å². The average molecular weight is 448 g/mol. The highest BCUT2D eigenvalue weighted by Gasteiger charge is 2.32. The van der Waals surface area contributed by atoms with Crippen molar-refractivity contribution in [1.29, 1.82) is 0 Å². The second-order valence-electron chi connectivity index (χ2n) is 6.45. The third-order valence-corrected chi connectivity index (χ3v) is 4.91. The largest absolute Gasteiger partial charge is 0.478 e. The number of carboxylic acids is 2. The van der Waals surface area contributed by atoms with Crippen molar-refractivity contribution in [3.05, 3.63) is 71.3 Å². The van der Waals surface area contributed by atoms with E-state index >= 15 is 0 Å². The fourth-order valence-corrected chi connectivity index (χ4v) is 3.16. The Morgan fingerprint density at radius 1 is 0.968 bits per heavy atom. The van der Waals surface area contributed by atoms with Crippen molar-refractivity contribution in [2.75, 3.05) is 6.54 Å². The summed E-state index contributed by atoms with van der Waals surface area (Å²) in [6, 6.07) is 15.7. The average Bonchev–Trinajstić information content (AvgIpc) is 2.77. The molecule has 8 heteroatoms. The predicted molar refractivity (Wildman–Crippen MR) is 119 cm³/mol. The van der Waals surface area contributed by atoms with Crippen molar-refractivity contribution in [3.8, 4) is 11.1 Å². The Kier molecular flexibility index (Phi) is 10.4. The molecule has 166 valence electrons. The monoisotopic (exact) mass is 447 g/mol. The lowest BCUT2D eigenvalue weighted by atomic mass is 9.87. The summed E-state index contributed by atoms with van der Waals surface area (Å²) in [5.74, 6) is -2.90. The molecule has 0 amide bonds. The number of hydrogen-bond donors (Lipinski definition) is 3. The van der Waals surface area contributed by atoms with Crippen molar-refractivity contribution in [1.82, 2.24) is 0 Å². The summed E-state index contributed by atoms with van der Waals surface area (Å²) in [5.41, 5.74) is 7.75. The van der Waals surface area contributed by atoms with Crippen LogP contribution in [0.2, 0.25) is 5.02 Å². The summed E-state index contributed by atoms with van der Waals surface area (Å²) in [5, 5.41) is 16.3. The molecule has 0 aliphatic heterocycles. The second-order valence-corrected chi connectivity index (χ2v) is 6.85. The Morgan fingerprint density at radius 3 is 1.90 bits per heavy atom. The number of benzene rings is 2. The van der Waals surface area contributed by atoms with Crippen LogP contribution < -0.4 is 5.73 Å². The Morgan fingerprint density at radius 2 is 1.48 bits per heavy atom. The van der Waals surface area contributed by atoms with Gasteiger partial charge in [0.25, 0.3) is 0 Å². The summed E-state index contributed by atoms with van der Waals surface area (Å²) in [6.07, 6.45) is 2.51. The van der Waals surface area contributed by atoms with Gasteiger partial charge in [-0.25, -0.2) is 9.59 Å². The van der Waals surface area contributed by atoms with E-state index in [4.69, 9.17) is 32.3 Å². The zero-order chi connectivity index (χ0) is 23.4. The Bertz CT molecular complexity index is 904. The highest BCUT2D eigenvalue weighted by molar-refractivity contribution is 6.33. The molecule has 0 saturated carbocycles. The fraction of sp³-hybridized carbons (Fsp3) is 0.261. The number of carbonyl (C=O) groups excluding carboxylic acids is 1. The molecule has 0 atom stereocenters. The van der Waals surface area contributed by atoms with Gasteiger partial charge in [0.15, 0.2) is 0 Å². The van der Waals surface area contributed by atoms with Gasteiger partial charge in [0.2, 0.25) is 0 Å². The summed E-state index contributed by atoms with van der Waals surface area (Å²) < 4.78 is 5.65. The fourth-order valence-electron chi connectivity index (χ4n) is 2.91. The van der Waals surface area contributed by atoms with E-state index in [2.05, 4.69) is 0 Å². The molecular weight excluding hydrogens is 422 g/mol. The van der Waals surface area contributed by atoms with Crippen LogP contribution in [0.1, 0.15) is 32.3 Å². The highest BCUT2D eigenvalue weighted by atomic mass is 35.5. The molecule has 7 nitrogen and oxygen atoms in total. The van der Waals surface area contributed by atoms with E-state index in [0.717, 1.165) is 16.7 Å². The van der Waals surface area contributed by atoms with Crippen LogP contribution in [0.4, 0.5) is 0 Å². The molecule has 2 rings (SSSR count). The summed E-state index contributed by atoms with van der Waals surface area (Å²) in [7, 11) is 0. The Hall–Kier alpha value is -3.16. The van der Waals surface area contributed by atoms with E-state index < -0.39 is 17.5 Å². The third-order valence-electron chi connectivity index (χ3n) is 4.58. The van der Waals surface area contributed by atoms with E-state index in [0.29, 0.717) is 30.0 Å². The third kappa shape index (κ3) is 7.88. The minimum Gasteiger partial charge on any atom is -0.478 e. The molecule has 2 aromatic carbocycles. The summed E-state index contributed by atoms with van der Waals surface area (Å²) in [4.78, 5) is 30.8. The molecule has 0 spiro atoms. The van der Waals surface area contributed by atoms with Gasteiger partial charge in [-0.3, -0.25) is 4.79 Å². The van der Waals surface area contributed by atoms with Gasteiger partial charge in [0.05, 0.1) is 6.54 Å². The summed E-state index contributed by atoms with van der Waals surface area (Å²) >= 11 is 6.25. The van der Waals surface area contributed by atoms with E-state index in [1.165, 1.54) is 0 Å². The predicted octanol–water partition coefficient (Wildman–Crippen LogP) is 4.24. The van der Waals surface area contributed by atoms with Gasteiger partial charge in [0, 0.05) is 22.7 Å². The van der Waals surface area contributed by atoms with Crippen LogP contribution in [0.5, 0.6) is 0 Å². The molecule has 31 heavy (non-hydrogen) atoms. The normalized spacial score (nSPS) is 10.8. The van der Waals surface area contributed by atoms with E-state index in [-0.39, 0.29) is 12.5 Å². The number of nitrogens with two attached hydrogens (primary N) is 1. The maximum absolute atomic E-state index is 11.7. The molecule has 0 aromatic heterocycles. The molecule has 0 fully saturated rings. The highest BCUT2D eigenvalue weighted by Crippen LogP contribution is 2.35. The minimum absolute atomic E-state index is 0.112. The van der Waals surface area contributed by atoms with E-state index in [1.54, 1.807) is 0 Å². The number of ether oxygens (including phenoxy) is 1.